The number of aryl methyl sites for hydroxylation is 2. The third-order valence-corrected chi connectivity index (χ3v) is 2.56. The second kappa shape index (κ2) is 6.93. The number of nitrogens with zero attached hydrogens (tertiary/aromatic N) is 2. The first-order valence-corrected chi connectivity index (χ1v) is 6.08. The van der Waals surface area contributed by atoms with Crippen LogP contribution in [-0.2, 0) is 16.1 Å². The maximum absolute atomic E-state index is 11.1. The van der Waals surface area contributed by atoms with Crippen molar-refractivity contribution in [3.8, 4) is 0 Å². The average molecular weight is 239 g/mol. The summed E-state index contributed by atoms with van der Waals surface area (Å²) in [7, 11) is 0. The molecule has 2 N–H and O–H groups in total. The number of anilines is 1. The van der Waals surface area contributed by atoms with Gasteiger partial charge in [0.1, 0.15) is 5.82 Å². The lowest BCUT2D eigenvalue weighted by molar-refractivity contribution is -0.143. The molecule has 1 heterocycles. The summed E-state index contributed by atoms with van der Waals surface area (Å²) >= 11 is 0. The quantitative estimate of drug-likeness (QED) is 0.582. The lowest BCUT2D eigenvalue weighted by atomic mass is 10.2. The molecule has 0 fully saturated rings. The molecule has 0 unspecified atom stereocenters. The highest BCUT2D eigenvalue weighted by molar-refractivity contribution is 5.69. The molecule has 0 aliphatic rings. The monoisotopic (exact) mass is 239 g/mol. The Kier molecular flexibility index (Phi) is 5.52. The molecule has 0 aliphatic heterocycles. The van der Waals surface area contributed by atoms with E-state index in [0.717, 1.165) is 31.4 Å². The molecule has 0 radical (unpaired) electrons. The van der Waals surface area contributed by atoms with E-state index in [-0.39, 0.29) is 5.97 Å². The Balaban J connectivity index is 2.10. The Morgan fingerprint density at radius 2 is 2.24 bits per heavy atom. The van der Waals surface area contributed by atoms with Crippen molar-refractivity contribution in [1.82, 2.24) is 9.78 Å². The molecule has 0 spiro atoms. The number of esters is 1. The zero-order chi connectivity index (χ0) is 12.7. The van der Waals surface area contributed by atoms with Gasteiger partial charge in [-0.05, 0) is 26.7 Å². The number of rotatable bonds is 7. The predicted octanol–water partition coefficient (Wildman–Crippen LogP) is 1.90. The van der Waals surface area contributed by atoms with E-state index in [1.54, 1.807) is 0 Å². The normalized spacial score (nSPS) is 10.5. The van der Waals surface area contributed by atoms with E-state index in [1.165, 1.54) is 0 Å². The summed E-state index contributed by atoms with van der Waals surface area (Å²) in [6.45, 7) is 5.08. The maximum atomic E-state index is 11.1. The Labute approximate surface area is 102 Å². The van der Waals surface area contributed by atoms with Gasteiger partial charge in [0.2, 0.25) is 0 Å². The number of carbonyl (C=O) groups excluding carboxylic acids is 1. The van der Waals surface area contributed by atoms with Gasteiger partial charge in [-0.25, -0.2) is 0 Å². The van der Waals surface area contributed by atoms with Crippen LogP contribution in [0.15, 0.2) is 6.20 Å². The number of ether oxygens (including phenoxy) is 1. The zero-order valence-corrected chi connectivity index (χ0v) is 10.6. The molecule has 5 heteroatoms. The van der Waals surface area contributed by atoms with Gasteiger partial charge in [-0.2, -0.15) is 5.10 Å². The Morgan fingerprint density at radius 1 is 1.47 bits per heavy atom. The fraction of sp³-hybridized carbons (Fsp3) is 0.667. The molecular weight excluding hydrogens is 218 g/mol. The third kappa shape index (κ3) is 4.89. The van der Waals surface area contributed by atoms with Gasteiger partial charge in [0.05, 0.1) is 6.61 Å². The summed E-state index contributed by atoms with van der Waals surface area (Å²) in [6, 6.07) is 0. The molecular formula is C12H21N3O2. The van der Waals surface area contributed by atoms with E-state index in [9.17, 15) is 4.79 Å². The van der Waals surface area contributed by atoms with Gasteiger partial charge < -0.3 is 10.5 Å². The van der Waals surface area contributed by atoms with Crippen LogP contribution in [0.25, 0.3) is 0 Å². The molecule has 0 amide bonds. The van der Waals surface area contributed by atoms with E-state index in [4.69, 9.17) is 10.5 Å². The van der Waals surface area contributed by atoms with Crippen LogP contribution in [0.4, 0.5) is 5.82 Å². The van der Waals surface area contributed by atoms with Crippen LogP contribution in [0, 0.1) is 6.92 Å². The summed E-state index contributed by atoms with van der Waals surface area (Å²) in [5, 5.41) is 4.18. The van der Waals surface area contributed by atoms with Crippen LogP contribution < -0.4 is 5.73 Å². The van der Waals surface area contributed by atoms with Crippen molar-refractivity contribution in [3.05, 3.63) is 11.8 Å². The molecule has 5 nitrogen and oxygen atoms in total. The Morgan fingerprint density at radius 3 is 2.82 bits per heavy atom. The highest BCUT2D eigenvalue weighted by Crippen LogP contribution is 2.08. The summed E-state index contributed by atoms with van der Waals surface area (Å²) in [5.41, 5.74) is 6.66. The first kappa shape index (κ1) is 13.5. The molecule has 1 rings (SSSR count). The van der Waals surface area contributed by atoms with E-state index < -0.39 is 0 Å². The van der Waals surface area contributed by atoms with Gasteiger partial charge in [-0.3, -0.25) is 9.48 Å². The van der Waals surface area contributed by atoms with Crippen LogP contribution in [0.5, 0.6) is 0 Å². The van der Waals surface area contributed by atoms with Crippen LogP contribution in [0.3, 0.4) is 0 Å². The predicted molar refractivity (Wildman–Crippen MR) is 66.5 cm³/mol. The molecule has 0 atom stereocenters. The van der Waals surface area contributed by atoms with Crippen molar-refractivity contribution in [3.63, 3.8) is 0 Å². The maximum Gasteiger partial charge on any atom is 0.305 e. The second-order valence-electron chi connectivity index (χ2n) is 4.08. The highest BCUT2D eigenvalue weighted by atomic mass is 16.5. The summed E-state index contributed by atoms with van der Waals surface area (Å²) < 4.78 is 6.71. The Bertz CT molecular complexity index is 341. The minimum atomic E-state index is -0.105. The van der Waals surface area contributed by atoms with Crippen molar-refractivity contribution < 1.29 is 9.53 Å². The van der Waals surface area contributed by atoms with Crippen LogP contribution in [0.1, 0.15) is 38.2 Å². The van der Waals surface area contributed by atoms with Crippen molar-refractivity contribution in [2.24, 2.45) is 0 Å². The standard InChI is InChI=1S/C12H21N3O2/c1-3-17-11(16)7-5-4-6-8-15-9-10(2)12(13)14-15/h9H,3-8H2,1-2H3,(H2,13,14). The number of nitrogens with two attached hydrogens (primary N) is 1. The number of hydrogen-bond donors (Lipinski definition) is 1. The molecule has 0 aliphatic carbocycles. The van der Waals surface area contributed by atoms with Crippen molar-refractivity contribution in [2.75, 3.05) is 12.3 Å². The van der Waals surface area contributed by atoms with Gasteiger partial charge in [-0.1, -0.05) is 6.42 Å². The number of carbonyl (C=O) groups is 1. The molecule has 1 aromatic rings. The Hall–Kier alpha value is -1.52. The van der Waals surface area contributed by atoms with Gasteiger partial charge in [0, 0.05) is 24.7 Å². The summed E-state index contributed by atoms with van der Waals surface area (Å²) in [6.07, 6.45) is 5.32. The van der Waals surface area contributed by atoms with Gasteiger partial charge in [-0.15, -0.1) is 0 Å². The van der Waals surface area contributed by atoms with E-state index in [2.05, 4.69) is 5.10 Å². The first-order valence-electron chi connectivity index (χ1n) is 6.08. The molecule has 17 heavy (non-hydrogen) atoms. The summed E-state index contributed by atoms with van der Waals surface area (Å²) in [4.78, 5) is 11.1. The number of unbranched alkanes of at least 4 members (excludes halogenated alkanes) is 2. The lowest BCUT2D eigenvalue weighted by Crippen LogP contribution is -2.04. The van der Waals surface area contributed by atoms with E-state index in [0.29, 0.717) is 18.8 Å². The molecule has 1 aromatic heterocycles. The van der Waals surface area contributed by atoms with Crippen LogP contribution in [0.2, 0.25) is 0 Å². The SMILES string of the molecule is CCOC(=O)CCCCCn1cc(C)c(N)n1. The largest absolute Gasteiger partial charge is 0.466 e. The van der Waals surface area contributed by atoms with Gasteiger partial charge in [0.15, 0.2) is 0 Å². The van der Waals surface area contributed by atoms with E-state index >= 15 is 0 Å². The smallest absolute Gasteiger partial charge is 0.305 e. The zero-order valence-electron chi connectivity index (χ0n) is 10.6. The second-order valence-corrected chi connectivity index (χ2v) is 4.08. The number of aromatic nitrogens is 2. The topological polar surface area (TPSA) is 70.1 Å². The van der Waals surface area contributed by atoms with Gasteiger partial charge >= 0.3 is 5.97 Å². The fourth-order valence-electron chi connectivity index (χ4n) is 1.60. The molecule has 0 saturated heterocycles. The van der Waals surface area contributed by atoms with Crippen molar-refractivity contribution in [2.45, 2.75) is 46.1 Å². The molecule has 0 bridgehead atoms. The lowest BCUT2D eigenvalue weighted by Gasteiger charge is -2.02. The first-order chi connectivity index (χ1) is 8.13. The molecule has 96 valence electrons. The highest BCUT2D eigenvalue weighted by Gasteiger charge is 2.02. The minimum Gasteiger partial charge on any atom is -0.466 e. The van der Waals surface area contributed by atoms with Crippen LogP contribution in [-0.4, -0.2) is 22.4 Å². The third-order valence-electron chi connectivity index (χ3n) is 2.56. The molecule has 0 saturated carbocycles. The van der Waals surface area contributed by atoms with E-state index in [1.807, 2.05) is 24.7 Å². The van der Waals surface area contributed by atoms with Crippen molar-refractivity contribution >= 4 is 11.8 Å². The molecule has 0 aromatic carbocycles. The van der Waals surface area contributed by atoms with Crippen LogP contribution >= 0.6 is 0 Å². The van der Waals surface area contributed by atoms with Gasteiger partial charge in [0.25, 0.3) is 0 Å². The number of nitrogen functional groups attached to an aromatic ring is 1. The average Bonchev–Trinajstić information content (AvgIpc) is 2.58. The van der Waals surface area contributed by atoms with Crippen molar-refractivity contribution in [1.29, 1.82) is 0 Å². The summed E-state index contributed by atoms with van der Waals surface area (Å²) in [5.74, 6) is 0.489. The minimum absolute atomic E-state index is 0.105. The fourth-order valence-corrected chi connectivity index (χ4v) is 1.60. The number of hydrogen-bond acceptors (Lipinski definition) is 4.